The number of nitrogen functional groups attached to an aromatic ring is 1. The fourth-order valence-corrected chi connectivity index (χ4v) is 1.07. The van der Waals surface area contributed by atoms with Crippen LogP contribution < -0.4 is 5.73 Å². The SMILES string of the molecule is CCOC(=O)c1ncn(CC(F)(F)F)c1N. The molecule has 1 rings (SSSR count). The second kappa shape index (κ2) is 4.42. The van der Waals surface area contributed by atoms with E-state index in [1.807, 2.05) is 0 Å². The van der Waals surface area contributed by atoms with E-state index in [1.165, 1.54) is 0 Å². The van der Waals surface area contributed by atoms with Gasteiger partial charge in [-0.05, 0) is 6.92 Å². The molecule has 90 valence electrons. The summed E-state index contributed by atoms with van der Waals surface area (Å²) in [7, 11) is 0. The zero-order valence-corrected chi connectivity index (χ0v) is 8.41. The van der Waals surface area contributed by atoms with E-state index in [-0.39, 0.29) is 18.1 Å². The quantitative estimate of drug-likeness (QED) is 0.802. The van der Waals surface area contributed by atoms with Gasteiger partial charge in [-0.2, -0.15) is 13.2 Å². The number of carbonyl (C=O) groups excluding carboxylic acids is 1. The van der Waals surface area contributed by atoms with E-state index in [2.05, 4.69) is 9.72 Å². The van der Waals surface area contributed by atoms with Crippen molar-refractivity contribution in [1.82, 2.24) is 9.55 Å². The molecule has 0 saturated carbocycles. The van der Waals surface area contributed by atoms with E-state index < -0.39 is 18.7 Å². The lowest BCUT2D eigenvalue weighted by Crippen LogP contribution is -2.19. The number of anilines is 1. The topological polar surface area (TPSA) is 70.1 Å². The van der Waals surface area contributed by atoms with Crippen molar-refractivity contribution in [2.75, 3.05) is 12.3 Å². The normalized spacial score (nSPS) is 11.5. The Morgan fingerprint density at radius 2 is 2.25 bits per heavy atom. The lowest BCUT2D eigenvalue weighted by atomic mass is 10.4. The van der Waals surface area contributed by atoms with E-state index in [0.717, 1.165) is 6.33 Å². The molecule has 0 spiro atoms. The van der Waals surface area contributed by atoms with Gasteiger partial charge in [0.1, 0.15) is 12.4 Å². The second-order valence-electron chi connectivity index (χ2n) is 2.94. The molecule has 0 radical (unpaired) electrons. The van der Waals surface area contributed by atoms with Crippen LogP contribution in [0, 0.1) is 0 Å². The van der Waals surface area contributed by atoms with Crippen LogP contribution in [0.5, 0.6) is 0 Å². The number of hydrogen-bond donors (Lipinski definition) is 1. The van der Waals surface area contributed by atoms with E-state index in [9.17, 15) is 18.0 Å². The van der Waals surface area contributed by atoms with E-state index in [1.54, 1.807) is 6.92 Å². The molecule has 1 aromatic heterocycles. The third-order valence-corrected chi connectivity index (χ3v) is 1.70. The Labute approximate surface area is 89.0 Å². The second-order valence-corrected chi connectivity index (χ2v) is 2.94. The molecule has 16 heavy (non-hydrogen) atoms. The largest absolute Gasteiger partial charge is 0.461 e. The van der Waals surface area contributed by atoms with Crippen LogP contribution in [0.1, 0.15) is 17.4 Å². The number of rotatable bonds is 3. The van der Waals surface area contributed by atoms with Crippen LogP contribution in [0.15, 0.2) is 6.33 Å². The van der Waals surface area contributed by atoms with Gasteiger partial charge < -0.3 is 15.0 Å². The Kier molecular flexibility index (Phi) is 3.41. The summed E-state index contributed by atoms with van der Waals surface area (Å²) >= 11 is 0. The molecule has 0 amide bonds. The highest BCUT2D eigenvalue weighted by atomic mass is 19.4. The molecule has 0 atom stereocenters. The Morgan fingerprint density at radius 1 is 1.62 bits per heavy atom. The number of nitrogens with two attached hydrogens (primary N) is 1. The summed E-state index contributed by atoms with van der Waals surface area (Å²) in [5, 5.41) is 0. The van der Waals surface area contributed by atoms with E-state index >= 15 is 0 Å². The van der Waals surface area contributed by atoms with Crippen LogP contribution >= 0.6 is 0 Å². The summed E-state index contributed by atoms with van der Waals surface area (Å²) in [5.74, 6) is -1.18. The fourth-order valence-electron chi connectivity index (χ4n) is 1.07. The molecule has 0 aliphatic carbocycles. The van der Waals surface area contributed by atoms with Gasteiger partial charge in [0.05, 0.1) is 12.9 Å². The molecular formula is C8H10F3N3O2. The first-order chi connectivity index (χ1) is 7.35. The Bertz CT molecular complexity index is 386. The summed E-state index contributed by atoms with van der Waals surface area (Å²) in [5.41, 5.74) is 5.04. The maximum absolute atomic E-state index is 12.1. The summed E-state index contributed by atoms with van der Waals surface area (Å²) in [4.78, 5) is 14.7. The fraction of sp³-hybridized carbons (Fsp3) is 0.500. The van der Waals surface area contributed by atoms with Gasteiger partial charge in [-0.1, -0.05) is 0 Å². The number of hydrogen-bond acceptors (Lipinski definition) is 4. The number of carbonyl (C=O) groups is 1. The van der Waals surface area contributed by atoms with Crippen molar-refractivity contribution in [2.24, 2.45) is 0 Å². The van der Waals surface area contributed by atoms with Crippen LogP contribution in [0.2, 0.25) is 0 Å². The van der Waals surface area contributed by atoms with Crippen LogP contribution in [0.4, 0.5) is 19.0 Å². The summed E-state index contributed by atoms with van der Waals surface area (Å²) in [6.07, 6.45) is -3.56. The van der Waals surface area contributed by atoms with Crippen molar-refractivity contribution in [2.45, 2.75) is 19.6 Å². The molecule has 0 bridgehead atoms. The minimum atomic E-state index is -4.42. The molecule has 1 aromatic rings. The number of ether oxygens (including phenoxy) is 1. The number of aromatic nitrogens is 2. The van der Waals surface area contributed by atoms with Crippen molar-refractivity contribution in [1.29, 1.82) is 0 Å². The highest BCUT2D eigenvalue weighted by Crippen LogP contribution is 2.21. The first-order valence-electron chi connectivity index (χ1n) is 4.39. The molecule has 8 heteroatoms. The molecule has 0 aliphatic rings. The zero-order valence-electron chi connectivity index (χ0n) is 8.41. The van der Waals surface area contributed by atoms with Gasteiger partial charge in [-0.3, -0.25) is 0 Å². The van der Waals surface area contributed by atoms with Gasteiger partial charge in [-0.15, -0.1) is 0 Å². The molecular weight excluding hydrogens is 227 g/mol. The highest BCUT2D eigenvalue weighted by molar-refractivity contribution is 5.92. The van der Waals surface area contributed by atoms with Crippen molar-refractivity contribution in [3.8, 4) is 0 Å². The summed E-state index contributed by atoms with van der Waals surface area (Å²) < 4.78 is 41.4. The lowest BCUT2D eigenvalue weighted by Gasteiger charge is -2.08. The molecule has 0 aromatic carbocycles. The monoisotopic (exact) mass is 237 g/mol. The van der Waals surface area contributed by atoms with Crippen molar-refractivity contribution in [3.05, 3.63) is 12.0 Å². The predicted octanol–water partition coefficient (Wildman–Crippen LogP) is 1.20. The van der Waals surface area contributed by atoms with Crippen LogP contribution in [0.3, 0.4) is 0 Å². The third kappa shape index (κ3) is 2.88. The number of alkyl halides is 3. The van der Waals surface area contributed by atoms with Crippen LogP contribution in [-0.2, 0) is 11.3 Å². The average Bonchev–Trinajstić information content (AvgIpc) is 2.46. The molecule has 1 heterocycles. The lowest BCUT2D eigenvalue weighted by molar-refractivity contribution is -0.140. The average molecular weight is 237 g/mol. The molecule has 5 nitrogen and oxygen atoms in total. The molecule has 2 N–H and O–H groups in total. The zero-order chi connectivity index (χ0) is 12.3. The van der Waals surface area contributed by atoms with Crippen LogP contribution in [-0.4, -0.2) is 28.3 Å². The maximum atomic E-state index is 12.1. The van der Waals surface area contributed by atoms with Crippen molar-refractivity contribution < 1.29 is 22.7 Å². The predicted molar refractivity (Wildman–Crippen MR) is 48.7 cm³/mol. The minimum absolute atomic E-state index is 0.102. The van der Waals surface area contributed by atoms with Gasteiger partial charge >= 0.3 is 12.1 Å². The summed E-state index contributed by atoms with van der Waals surface area (Å²) in [6, 6.07) is 0. The first-order valence-corrected chi connectivity index (χ1v) is 4.39. The van der Waals surface area contributed by atoms with Crippen molar-refractivity contribution >= 4 is 11.8 Å². The van der Waals surface area contributed by atoms with Gasteiger partial charge in [0.15, 0.2) is 5.69 Å². The van der Waals surface area contributed by atoms with Crippen molar-refractivity contribution in [3.63, 3.8) is 0 Å². The maximum Gasteiger partial charge on any atom is 0.406 e. The summed E-state index contributed by atoms with van der Waals surface area (Å²) in [6.45, 7) is 0.385. The van der Waals surface area contributed by atoms with Gasteiger partial charge in [0, 0.05) is 0 Å². The number of halogens is 3. The Hall–Kier alpha value is -1.73. The smallest absolute Gasteiger partial charge is 0.406 e. The molecule has 0 saturated heterocycles. The van der Waals surface area contributed by atoms with Gasteiger partial charge in [-0.25, -0.2) is 9.78 Å². The Balaban J connectivity index is 2.88. The number of nitrogens with zero attached hydrogens (tertiary/aromatic N) is 2. The first kappa shape index (κ1) is 12.3. The standard InChI is InChI=1S/C8H10F3N3O2/c1-2-16-7(15)5-6(12)14(4-13-5)3-8(9,10)11/h4H,2-3,12H2,1H3. The number of esters is 1. The molecule has 0 aliphatic heterocycles. The highest BCUT2D eigenvalue weighted by Gasteiger charge is 2.30. The van der Waals surface area contributed by atoms with Gasteiger partial charge in [0.25, 0.3) is 0 Å². The number of imidazole rings is 1. The minimum Gasteiger partial charge on any atom is -0.461 e. The molecule has 0 fully saturated rings. The Morgan fingerprint density at radius 3 is 2.75 bits per heavy atom. The molecule has 0 unspecified atom stereocenters. The van der Waals surface area contributed by atoms with Crippen LogP contribution in [0.25, 0.3) is 0 Å². The van der Waals surface area contributed by atoms with E-state index in [4.69, 9.17) is 5.73 Å². The van der Waals surface area contributed by atoms with Gasteiger partial charge in [0.2, 0.25) is 0 Å². The van der Waals surface area contributed by atoms with E-state index in [0.29, 0.717) is 4.57 Å². The third-order valence-electron chi connectivity index (χ3n) is 1.70.